The number of H-pyrrole nitrogens is 1. The number of carbonyl (C=O) groups excluding carboxylic acids is 1. The van der Waals surface area contributed by atoms with Crippen molar-refractivity contribution in [2.75, 3.05) is 0 Å². The van der Waals surface area contributed by atoms with E-state index in [9.17, 15) is 4.79 Å². The Kier molecular flexibility index (Phi) is 3.19. The summed E-state index contributed by atoms with van der Waals surface area (Å²) >= 11 is 6.11. The molecule has 2 N–H and O–H groups in total. The highest BCUT2D eigenvalue weighted by Gasteiger charge is 2.24. The summed E-state index contributed by atoms with van der Waals surface area (Å²) in [7, 11) is 0. The highest BCUT2D eigenvalue weighted by molar-refractivity contribution is 6.31. The number of hydrogen-bond donors (Lipinski definition) is 2. The zero-order chi connectivity index (χ0) is 15.1. The number of aromatic amines is 1. The summed E-state index contributed by atoms with van der Waals surface area (Å²) in [5, 5.41) is 4.94. The molecule has 2 aromatic heterocycles. The van der Waals surface area contributed by atoms with Gasteiger partial charge in [0.2, 0.25) is 0 Å². The Hall–Kier alpha value is -2.20. The van der Waals surface area contributed by atoms with E-state index >= 15 is 0 Å². The van der Waals surface area contributed by atoms with Crippen molar-refractivity contribution in [2.24, 2.45) is 0 Å². The van der Waals surface area contributed by atoms with Gasteiger partial charge in [-0.2, -0.15) is 0 Å². The highest BCUT2D eigenvalue weighted by atomic mass is 35.5. The van der Waals surface area contributed by atoms with Crippen molar-refractivity contribution in [1.82, 2.24) is 10.3 Å². The molecular formula is C17H15ClN2O2. The largest absolute Gasteiger partial charge is 0.459 e. The summed E-state index contributed by atoms with van der Waals surface area (Å²) in [6.45, 7) is 0. The molecule has 4 rings (SSSR count). The number of nitrogens with one attached hydrogen (secondary N) is 2. The SMILES string of the molecule is O=C(NC1CCc2[nH]c3ccc(Cl)cc3c2C1)c1ccco1. The number of halogens is 1. The van der Waals surface area contributed by atoms with Crippen molar-refractivity contribution >= 4 is 28.4 Å². The molecule has 0 bridgehead atoms. The third kappa shape index (κ3) is 2.29. The normalized spacial score (nSPS) is 17.4. The average molecular weight is 315 g/mol. The number of aryl methyl sites for hydroxylation is 1. The fourth-order valence-corrected chi connectivity index (χ4v) is 3.35. The van der Waals surface area contributed by atoms with Gasteiger partial charge in [0.05, 0.1) is 6.26 Å². The first-order valence-electron chi connectivity index (χ1n) is 7.34. The van der Waals surface area contributed by atoms with Crippen LogP contribution in [0.1, 0.15) is 28.2 Å². The zero-order valence-electron chi connectivity index (χ0n) is 11.9. The van der Waals surface area contributed by atoms with Crippen molar-refractivity contribution in [2.45, 2.75) is 25.3 Å². The number of fused-ring (bicyclic) bond motifs is 3. The molecule has 0 fully saturated rings. The molecule has 1 aliphatic rings. The third-order valence-electron chi connectivity index (χ3n) is 4.23. The number of carbonyl (C=O) groups is 1. The van der Waals surface area contributed by atoms with Crippen molar-refractivity contribution in [3.05, 3.63) is 58.6 Å². The molecule has 1 atom stereocenters. The minimum absolute atomic E-state index is 0.114. The van der Waals surface area contributed by atoms with Crippen LogP contribution in [0.15, 0.2) is 41.0 Å². The highest BCUT2D eigenvalue weighted by Crippen LogP contribution is 2.31. The fraction of sp³-hybridized carbons (Fsp3) is 0.235. The summed E-state index contributed by atoms with van der Waals surface area (Å²) in [5.74, 6) is 0.198. The maximum atomic E-state index is 12.1. The minimum atomic E-state index is -0.156. The van der Waals surface area contributed by atoms with Gasteiger partial charge in [0, 0.05) is 27.7 Å². The van der Waals surface area contributed by atoms with Crippen LogP contribution in [-0.4, -0.2) is 16.9 Å². The van der Waals surface area contributed by atoms with Crippen LogP contribution < -0.4 is 5.32 Å². The van der Waals surface area contributed by atoms with E-state index in [1.54, 1.807) is 12.1 Å². The topological polar surface area (TPSA) is 58.0 Å². The summed E-state index contributed by atoms with van der Waals surface area (Å²) < 4.78 is 5.14. The van der Waals surface area contributed by atoms with Gasteiger partial charge in [-0.25, -0.2) is 0 Å². The Balaban J connectivity index is 1.59. The Morgan fingerprint density at radius 2 is 2.27 bits per heavy atom. The quantitative estimate of drug-likeness (QED) is 0.757. The van der Waals surface area contributed by atoms with E-state index < -0.39 is 0 Å². The van der Waals surface area contributed by atoms with E-state index in [0.29, 0.717) is 5.76 Å². The van der Waals surface area contributed by atoms with Gasteiger partial charge in [-0.15, -0.1) is 0 Å². The van der Waals surface area contributed by atoms with Gasteiger partial charge in [0.15, 0.2) is 5.76 Å². The molecule has 3 aromatic rings. The molecule has 1 amide bonds. The molecule has 2 heterocycles. The minimum Gasteiger partial charge on any atom is -0.459 e. The van der Waals surface area contributed by atoms with Gasteiger partial charge in [-0.3, -0.25) is 4.79 Å². The van der Waals surface area contributed by atoms with Gasteiger partial charge < -0.3 is 14.7 Å². The van der Waals surface area contributed by atoms with E-state index in [2.05, 4.69) is 10.3 Å². The van der Waals surface area contributed by atoms with Crippen LogP contribution in [0, 0.1) is 0 Å². The molecule has 0 saturated heterocycles. The molecular weight excluding hydrogens is 300 g/mol. The molecule has 22 heavy (non-hydrogen) atoms. The van der Waals surface area contributed by atoms with Crippen molar-refractivity contribution < 1.29 is 9.21 Å². The molecule has 112 valence electrons. The molecule has 0 aliphatic heterocycles. The molecule has 4 nitrogen and oxygen atoms in total. The Bertz CT molecular complexity index is 836. The van der Waals surface area contributed by atoms with Crippen LogP contribution in [0.5, 0.6) is 0 Å². The number of hydrogen-bond acceptors (Lipinski definition) is 2. The Morgan fingerprint density at radius 3 is 3.09 bits per heavy atom. The van der Waals surface area contributed by atoms with Crippen LogP contribution in [0.25, 0.3) is 10.9 Å². The molecule has 5 heteroatoms. The van der Waals surface area contributed by atoms with E-state index in [0.717, 1.165) is 35.2 Å². The molecule has 0 saturated carbocycles. The predicted molar refractivity (Wildman–Crippen MR) is 85.3 cm³/mol. The molecule has 1 unspecified atom stereocenters. The number of aromatic nitrogens is 1. The number of amides is 1. The average Bonchev–Trinajstić information content (AvgIpc) is 3.14. The molecule has 0 radical (unpaired) electrons. The predicted octanol–water partition coefficient (Wildman–Crippen LogP) is 3.70. The molecule has 0 spiro atoms. The summed E-state index contributed by atoms with van der Waals surface area (Å²) in [4.78, 5) is 15.6. The van der Waals surface area contributed by atoms with Gasteiger partial charge in [-0.05, 0) is 55.2 Å². The maximum Gasteiger partial charge on any atom is 0.287 e. The first-order valence-corrected chi connectivity index (χ1v) is 7.72. The van der Waals surface area contributed by atoms with Crippen molar-refractivity contribution in [1.29, 1.82) is 0 Å². The van der Waals surface area contributed by atoms with Crippen LogP contribution in [0.4, 0.5) is 0 Å². The first-order chi connectivity index (χ1) is 10.7. The third-order valence-corrected chi connectivity index (χ3v) is 4.47. The van der Waals surface area contributed by atoms with Crippen LogP contribution in [0.3, 0.4) is 0 Å². The number of furan rings is 1. The van der Waals surface area contributed by atoms with E-state index in [-0.39, 0.29) is 11.9 Å². The standard InChI is InChI=1S/C17H15ClN2O2/c18-10-3-5-14-12(8-10)13-9-11(4-6-15(13)20-14)19-17(21)16-2-1-7-22-16/h1-3,5,7-8,11,20H,4,6,9H2,(H,19,21). The second-order valence-electron chi connectivity index (χ2n) is 5.66. The Labute approximate surface area is 132 Å². The van der Waals surface area contributed by atoms with Crippen molar-refractivity contribution in [3.8, 4) is 0 Å². The van der Waals surface area contributed by atoms with Crippen molar-refractivity contribution in [3.63, 3.8) is 0 Å². The fourth-order valence-electron chi connectivity index (χ4n) is 3.18. The molecule has 1 aliphatic carbocycles. The first kappa shape index (κ1) is 13.5. The lowest BCUT2D eigenvalue weighted by atomic mass is 9.91. The summed E-state index contributed by atoms with van der Waals surface area (Å²) in [6, 6.07) is 9.39. The maximum absolute atomic E-state index is 12.1. The van der Waals surface area contributed by atoms with Crippen LogP contribution in [-0.2, 0) is 12.8 Å². The molecule has 1 aromatic carbocycles. The van der Waals surface area contributed by atoms with Gasteiger partial charge >= 0.3 is 0 Å². The van der Waals surface area contributed by atoms with Crippen LogP contribution >= 0.6 is 11.6 Å². The van der Waals surface area contributed by atoms with Crippen LogP contribution in [0.2, 0.25) is 5.02 Å². The van der Waals surface area contributed by atoms with Gasteiger partial charge in [-0.1, -0.05) is 11.6 Å². The summed E-state index contributed by atoms with van der Waals surface area (Å²) in [6.07, 6.45) is 4.16. The van der Waals surface area contributed by atoms with Gasteiger partial charge in [0.1, 0.15) is 0 Å². The zero-order valence-corrected chi connectivity index (χ0v) is 12.6. The van der Waals surface area contributed by atoms with E-state index in [1.165, 1.54) is 17.5 Å². The van der Waals surface area contributed by atoms with E-state index in [1.807, 2.05) is 18.2 Å². The Morgan fingerprint density at radius 1 is 1.36 bits per heavy atom. The second-order valence-corrected chi connectivity index (χ2v) is 6.10. The van der Waals surface area contributed by atoms with Gasteiger partial charge in [0.25, 0.3) is 5.91 Å². The lowest BCUT2D eigenvalue weighted by Crippen LogP contribution is -2.38. The monoisotopic (exact) mass is 314 g/mol. The number of rotatable bonds is 2. The second kappa shape index (κ2) is 5.21. The number of benzene rings is 1. The lowest BCUT2D eigenvalue weighted by Gasteiger charge is -2.23. The van der Waals surface area contributed by atoms with E-state index in [4.69, 9.17) is 16.0 Å². The lowest BCUT2D eigenvalue weighted by molar-refractivity contribution is 0.0905. The smallest absolute Gasteiger partial charge is 0.287 e. The summed E-state index contributed by atoms with van der Waals surface area (Å²) in [5.41, 5.74) is 3.61.